The van der Waals surface area contributed by atoms with Crippen LogP contribution in [0.25, 0.3) is 0 Å². The molecule has 1 N–H and O–H groups in total. The highest BCUT2D eigenvalue weighted by Gasteiger charge is 2.48. The lowest BCUT2D eigenvalue weighted by Crippen LogP contribution is -2.46. The molecule has 1 aliphatic heterocycles. The van der Waals surface area contributed by atoms with Crippen LogP contribution in [-0.4, -0.2) is 43.7 Å². The molecule has 3 atom stereocenters. The summed E-state index contributed by atoms with van der Waals surface area (Å²) in [4.78, 5) is 26.5. The van der Waals surface area contributed by atoms with E-state index in [2.05, 4.69) is 18.9 Å². The summed E-state index contributed by atoms with van der Waals surface area (Å²) in [7, 11) is 0. The summed E-state index contributed by atoms with van der Waals surface area (Å²) in [6, 6.07) is -0.626. The van der Waals surface area contributed by atoms with Gasteiger partial charge in [-0.25, -0.2) is 4.79 Å². The van der Waals surface area contributed by atoms with Gasteiger partial charge in [0.05, 0.1) is 11.8 Å². The summed E-state index contributed by atoms with van der Waals surface area (Å²) in [6.07, 6.45) is 6.35. The molecular formula is C18H27N3O3. The van der Waals surface area contributed by atoms with Crippen molar-refractivity contribution in [2.24, 2.45) is 11.8 Å². The number of aliphatic carboxylic acids is 1. The normalized spacial score (nSPS) is 26.7. The van der Waals surface area contributed by atoms with Crippen molar-refractivity contribution in [3.8, 4) is 0 Å². The number of carbonyl (C=O) groups excluding carboxylic acids is 1. The first-order chi connectivity index (χ1) is 11.4. The van der Waals surface area contributed by atoms with E-state index in [4.69, 9.17) is 0 Å². The highest BCUT2D eigenvalue weighted by molar-refractivity contribution is 5.98. The van der Waals surface area contributed by atoms with E-state index in [-0.39, 0.29) is 11.9 Å². The molecule has 2 aliphatic rings. The number of aromatic nitrogens is 2. The van der Waals surface area contributed by atoms with Crippen LogP contribution in [0.4, 0.5) is 0 Å². The molecule has 1 aromatic rings. The fourth-order valence-corrected chi connectivity index (χ4v) is 4.30. The molecule has 1 saturated heterocycles. The Balaban J connectivity index is 1.89. The van der Waals surface area contributed by atoms with Gasteiger partial charge in [0.25, 0.3) is 5.91 Å². The minimum Gasteiger partial charge on any atom is -0.480 e. The number of nitrogens with zero attached hydrogens (tertiary/aromatic N) is 3. The van der Waals surface area contributed by atoms with E-state index in [0.29, 0.717) is 23.8 Å². The fourth-order valence-electron chi connectivity index (χ4n) is 4.30. The summed E-state index contributed by atoms with van der Waals surface area (Å²) < 4.78 is 1.85. The van der Waals surface area contributed by atoms with Crippen molar-refractivity contribution < 1.29 is 14.7 Å². The number of likely N-dealkylation sites (tertiary alicyclic amines) is 1. The van der Waals surface area contributed by atoms with E-state index in [1.807, 2.05) is 11.6 Å². The second kappa shape index (κ2) is 6.57. The van der Waals surface area contributed by atoms with Gasteiger partial charge in [-0.05, 0) is 38.0 Å². The van der Waals surface area contributed by atoms with Gasteiger partial charge in [-0.1, -0.05) is 26.7 Å². The van der Waals surface area contributed by atoms with Crippen molar-refractivity contribution in [1.82, 2.24) is 14.7 Å². The molecule has 2 heterocycles. The highest BCUT2D eigenvalue weighted by Crippen LogP contribution is 2.40. The van der Waals surface area contributed by atoms with Gasteiger partial charge in [0.15, 0.2) is 0 Å². The summed E-state index contributed by atoms with van der Waals surface area (Å²) >= 11 is 0. The maximum atomic E-state index is 13.1. The van der Waals surface area contributed by atoms with Crippen molar-refractivity contribution in [3.63, 3.8) is 0 Å². The maximum absolute atomic E-state index is 13.1. The Morgan fingerprint density at radius 3 is 2.71 bits per heavy atom. The molecule has 0 bridgehead atoms. The number of fused-ring (bicyclic) bond motifs is 1. The molecule has 3 unspecified atom stereocenters. The van der Waals surface area contributed by atoms with Crippen molar-refractivity contribution in [2.45, 2.75) is 71.5 Å². The Bertz CT molecular complexity index is 637. The smallest absolute Gasteiger partial charge is 0.326 e. The molecule has 1 saturated carbocycles. The Labute approximate surface area is 142 Å². The number of rotatable bonds is 4. The summed E-state index contributed by atoms with van der Waals surface area (Å²) in [6.45, 7) is 6.87. The number of amides is 1. The molecule has 24 heavy (non-hydrogen) atoms. The van der Waals surface area contributed by atoms with Crippen LogP contribution in [0.5, 0.6) is 0 Å². The average Bonchev–Trinajstić information content (AvgIpc) is 3.08. The third kappa shape index (κ3) is 2.94. The van der Waals surface area contributed by atoms with Gasteiger partial charge < -0.3 is 10.0 Å². The van der Waals surface area contributed by atoms with Gasteiger partial charge in [0.1, 0.15) is 6.04 Å². The predicted octanol–water partition coefficient (Wildman–Crippen LogP) is 2.71. The topological polar surface area (TPSA) is 75.4 Å². The Morgan fingerprint density at radius 2 is 2.04 bits per heavy atom. The van der Waals surface area contributed by atoms with Crippen LogP contribution in [0.1, 0.15) is 62.0 Å². The molecular weight excluding hydrogens is 306 g/mol. The second-order valence-corrected chi connectivity index (χ2v) is 7.63. The van der Waals surface area contributed by atoms with Gasteiger partial charge in [0.2, 0.25) is 0 Å². The molecule has 1 amide bonds. The first kappa shape index (κ1) is 17.0. The van der Waals surface area contributed by atoms with E-state index < -0.39 is 12.0 Å². The van der Waals surface area contributed by atoms with Crippen LogP contribution in [0.3, 0.4) is 0 Å². The van der Waals surface area contributed by atoms with Crippen LogP contribution in [0.15, 0.2) is 6.20 Å². The lowest BCUT2D eigenvalue weighted by atomic mass is 9.84. The minimum atomic E-state index is -0.884. The largest absolute Gasteiger partial charge is 0.480 e. The lowest BCUT2D eigenvalue weighted by molar-refractivity contribution is -0.141. The zero-order valence-corrected chi connectivity index (χ0v) is 14.7. The number of hydrogen-bond donors (Lipinski definition) is 1. The van der Waals surface area contributed by atoms with E-state index in [9.17, 15) is 14.7 Å². The predicted molar refractivity (Wildman–Crippen MR) is 89.8 cm³/mol. The quantitative estimate of drug-likeness (QED) is 0.919. The maximum Gasteiger partial charge on any atom is 0.326 e. The zero-order chi connectivity index (χ0) is 17.4. The number of carbonyl (C=O) groups is 2. The van der Waals surface area contributed by atoms with Crippen molar-refractivity contribution in [2.75, 3.05) is 0 Å². The van der Waals surface area contributed by atoms with Gasteiger partial charge in [0, 0.05) is 18.3 Å². The van der Waals surface area contributed by atoms with Crippen LogP contribution in [-0.2, 0) is 11.3 Å². The Kier molecular flexibility index (Phi) is 4.65. The number of carboxylic acid groups (broad SMARTS) is 1. The van der Waals surface area contributed by atoms with Crippen LogP contribution in [0, 0.1) is 18.8 Å². The summed E-state index contributed by atoms with van der Waals surface area (Å²) in [5.41, 5.74) is 1.38. The highest BCUT2D eigenvalue weighted by atomic mass is 16.4. The van der Waals surface area contributed by atoms with Crippen molar-refractivity contribution in [1.29, 1.82) is 0 Å². The molecule has 0 radical (unpaired) electrons. The van der Waals surface area contributed by atoms with Gasteiger partial charge in [-0.2, -0.15) is 5.10 Å². The van der Waals surface area contributed by atoms with Crippen molar-refractivity contribution in [3.05, 3.63) is 17.5 Å². The van der Waals surface area contributed by atoms with Crippen molar-refractivity contribution >= 4 is 11.9 Å². The SMILES string of the molecule is Cc1c(C(=O)N2C(C(=O)O)CC3CCCCC32)cnn1CC(C)C. The monoisotopic (exact) mass is 333 g/mol. The summed E-state index contributed by atoms with van der Waals surface area (Å²) in [5.74, 6) is -0.281. The standard InChI is InChI=1S/C18H27N3O3/c1-11(2)10-20-12(3)14(9-19-20)17(22)21-15-7-5-4-6-13(15)8-16(21)18(23)24/h9,11,13,15-16H,4-8,10H2,1-3H3,(H,23,24). The molecule has 1 aliphatic carbocycles. The third-order valence-electron chi connectivity index (χ3n) is 5.48. The van der Waals surface area contributed by atoms with Crippen LogP contribution in [0.2, 0.25) is 0 Å². The third-order valence-corrected chi connectivity index (χ3v) is 5.48. The summed E-state index contributed by atoms with van der Waals surface area (Å²) in [5, 5.41) is 13.9. The van der Waals surface area contributed by atoms with E-state index in [0.717, 1.165) is 37.9 Å². The molecule has 0 aromatic carbocycles. The van der Waals surface area contributed by atoms with E-state index >= 15 is 0 Å². The first-order valence-electron chi connectivity index (χ1n) is 8.98. The Hall–Kier alpha value is -1.85. The van der Waals surface area contributed by atoms with E-state index in [1.54, 1.807) is 11.1 Å². The lowest BCUT2D eigenvalue weighted by Gasteiger charge is -2.33. The van der Waals surface area contributed by atoms with Crippen LogP contribution < -0.4 is 0 Å². The van der Waals surface area contributed by atoms with Crippen LogP contribution >= 0.6 is 0 Å². The van der Waals surface area contributed by atoms with E-state index in [1.165, 1.54) is 0 Å². The zero-order valence-electron chi connectivity index (χ0n) is 14.7. The molecule has 2 fully saturated rings. The van der Waals surface area contributed by atoms with Gasteiger partial charge >= 0.3 is 5.97 Å². The molecule has 132 valence electrons. The van der Waals surface area contributed by atoms with Gasteiger partial charge in [-0.15, -0.1) is 0 Å². The molecule has 1 aromatic heterocycles. The second-order valence-electron chi connectivity index (χ2n) is 7.63. The first-order valence-corrected chi connectivity index (χ1v) is 8.98. The average molecular weight is 333 g/mol. The molecule has 6 heteroatoms. The molecule has 3 rings (SSSR count). The Morgan fingerprint density at radius 1 is 1.33 bits per heavy atom. The fraction of sp³-hybridized carbons (Fsp3) is 0.722. The minimum absolute atomic E-state index is 0.0696. The number of hydrogen-bond acceptors (Lipinski definition) is 3. The molecule has 0 spiro atoms. The number of carboxylic acids is 1. The molecule has 6 nitrogen and oxygen atoms in total. The van der Waals surface area contributed by atoms with Gasteiger partial charge in [-0.3, -0.25) is 9.48 Å².